The van der Waals surface area contributed by atoms with Crippen LogP contribution in [0.4, 0.5) is 5.82 Å². The highest BCUT2D eigenvalue weighted by molar-refractivity contribution is 7.38. The van der Waals surface area contributed by atoms with Gasteiger partial charge >= 0.3 is 0 Å². The van der Waals surface area contributed by atoms with Crippen LogP contribution in [0.2, 0.25) is 0 Å². The van der Waals surface area contributed by atoms with E-state index in [4.69, 9.17) is 10.1 Å². The number of carbonyl (C=O) groups is 2. The molecule has 1 atom stereocenters. The predicted octanol–water partition coefficient (Wildman–Crippen LogP) is 3.91. The average molecular weight is 438 g/mol. The van der Waals surface area contributed by atoms with E-state index in [0.717, 1.165) is 27.8 Å². The van der Waals surface area contributed by atoms with E-state index in [2.05, 4.69) is 22.6 Å². The Hall–Kier alpha value is -3.01. The van der Waals surface area contributed by atoms with Crippen molar-refractivity contribution < 1.29 is 14.3 Å². The van der Waals surface area contributed by atoms with Gasteiger partial charge < -0.3 is 15.0 Å². The summed E-state index contributed by atoms with van der Waals surface area (Å²) in [7, 11) is 0.784. The second kappa shape index (κ2) is 10.3. The molecule has 1 aromatic heterocycles. The summed E-state index contributed by atoms with van der Waals surface area (Å²) in [6.45, 7) is 8.37. The van der Waals surface area contributed by atoms with Gasteiger partial charge in [-0.3, -0.25) is 15.0 Å². The van der Waals surface area contributed by atoms with Crippen LogP contribution in [0.15, 0.2) is 53.6 Å². The molecule has 1 fully saturated rings. The summed E-state index contributed by atoms with van der Waals surface area (Å²) in [5, 5.41) is 11.3. The maximum absolute atomic E-state index is 12.8. The van der Waals surface area contributed by atoms with Gasteiger partial charge in [-0.15, -0.1) is 14.3 Å². The topological polar surface area (TPSA) is 95.4 Å². The summed E-state index contributed by atoms with van der Waals surface area (Å²) in [4.78, 5) is 31.0. The predicted molar refractivity (Wildman–Crippen MR) is 125 cm³/mol. The number of rotatable bonds is 8. The Morgan fingerprint density at radius 1 is 1.45 bits per heavy atom. The normalized spacial score (nSPS) is 16.6. The van der Waals surface area contributed by atoms with Crippen LogP contribution in [-0.4, -0.2) is 52.9 Å². The van der Waals surface area contributed by atoms with Crippen molar-refractivity contribution in [2.24, 2.45) is 0 Å². The van der Waals surface area contributed by atoms with Gasteiger partial charge in [-0.05, 0) is 44.1 Å². The zero-order valence-electron chi connectivity index (χ0n) is 17.9. The molecule has 162 valence electrons. The molecule has 2 aliphatic rings. The van der Waals surface area contributed by atoms with Crippen molar-refractivity contribution in [1.29, 1.82) is 5.41 Å². The number of pyridine rings is 1. The molecule has 0 bridgehead atoms. The van der Waals surface area contributed by atoms with Gasteiger partial charge in [0.25, 0.3) is 5.91 Å². The molecule has 1 aliphatic carbocycles. The van der Waals surface area contributed by atoms with Gasteiger partial charge in [0.1, 0.15) is 0 Å². The van der Waals surface area contributed by atoms with E-state index in [1.807, 2.05) is 11.8 Å². The van der Waals surface area contributed by atoms with Crippen molar-refractivity contribution >= 4 is 31.8 Å². The Labute approximate surface area is 184 Å². The highest BCUT2D eigenvalue weighted by Gasteiger charge is 2.21. The summed E-state index contributed by atoms with van der Waals surface area (Å²) in [6.07, 6.45) is 7.96. The van der Waals surface area contributed by atoms with Crippen LogP contribution >= 0.6 is 8.58 Å². The van der Waals surface area contributed by atoms with E-state index in [1.165, 1.54) is 6.16 Å². The van der Waals surface area contributed by atoms with E-state index < -0.39 is 0 Å². The largest absolute Gasteiger partial charge is 0.490 e. The Morgan fingerprint density at radius 3 is 2.90 bits per heavy atom. The lowest BCUT2D eigenvalue weighted by Gasteiger charge is -2.26. The molecule has 1 unspecified atom stereocenters. The molecule has 1 aliphatic heterocycles. The van der Waals surface area contributed by atoms with Gasteiger partial charge in [0.2, 0.25) is 0 Å². The molecule has 1 saturated heterocycles. The van der Waals surface area contributed by atoms with E-state index >= 15 is 0 Å². The van der Waals surface area contributed by atoms with Crippen LogP contribution in [0, 0.1) is 5.41 Å². The fraction of sp³-hybridized carbons (Fsp3) is 0.348. The maximum atomic E-state index is 12.8. The van der Waals surface area contributed by atoms with E-state index in [-0.39, 0.29) is 23.8 Å². The zero-order valence-corrected chi connectivity index (χ0v) is 18.9. The van der Waals surface area contributed by atoms with Crippen molar-refractivity contribution in [1.82, 2.24) is 9.88 Å². The average Bonchev–Trinajstić information content (AvgIpc) is 2.77. The van der Waals surface area contributed by atoms with E-state index in [9.17, 15) is 9.59 Å². The summed E-state index contributed by atoms with van der Waals surface area (Å²) in [6, 6.07) is 1.71. The number of allylic oxidation sites excluding steroid dienone is 3. The molecule has 0 saturated carbocycles. The minimum absolute atomic E-state index is 0.0273. The molecular formula is C23H27N4O3P. The molecule has 0 spiro atoms. The number of aromatic nitrogens is 1. The van der Waals surface area contributed by atoms with Crippen LogP contribution in [0.5, 0.6) is 5.75 Å². The Balaban J connectivity index is 1.78. The molecule has 2 heterocycles. The highest BCUT2D eigenvalue weighted by atomic mass is 31.1. The Bertz CT molecular complexity index is 1020. The molecule has 8 heteroatoms. The van der Waals surface area contributed by atoms with Crippen LogP contribution in [-0.2, 0) is 4.79 Å². The van der Waals surface area contributed by atoms with Gasteiger partial charge in [0.05, 0.1) is 17.9 Å². The molecule has 1 aromatic rings. The SMILES string of the molecule is C=C(C)C(=O)CC1=C=CC(Nc2ncc(C(=O)N3CCCPC3)cc2OCC)=CC1=N. The van der Waals surface area contributed by atoms with Crippen molar-refractivity contribution in [2.45, 2.75) is 26.7 Å². The standard InChI is InChI=1S/C23H27N4O3P/c1-4-30-21-11-17(23(29)27-8-5-9-31-14-27)13-25-22(21)26-18-7-6-16(19(24)12-18)10-20(28)15(2)3/h7,11-13,24,31H,2,4-5,8-10,14H2,1,3H3,(H,25,26). The fourth-order valence-corrected chi connectivity index (χ4v) is 4.30. The van der Waals surface area contributed by atoms with Gasteiger partial charge in [0.15, 0.2) is 17.4 Å². The number of nitrogens with zero attached hydrogens (tertiary/aromatic N) is 2. The first kappa shape index (κ1) is 22.7. The smallest absolute Gasteiger partial charge is 0.255 e. The molecule has 1 amide bonds. The lowest BCUT2D eigenvalue weighted by Crippen LogP contribution is -2.34. The van der Waals surface area contributed by atoms with Gasteiger partial charge in [0, 0.05) is 42.8 Å². The van der Waals surface area contributed by atoms with Crippen LogP contribution in [0.1, 0.15) is 37.0 Å². The number of carbonyl (C=O) groups excluding carboxylic acids is 2. The summed E-state index contributed by atoms with van der Waals surface area (Å²) < 4.78 is 5.71. The van der Waals surface area contributed by atoms with Gasteiger partial charge in [-0.1, -0.05) is 6.58 Å². The molecule has 7 nitrogen and oxygen atoms in total. The number of hydrogen-bond donors (Lipinski definition) is 2. The molecule has 3 rings (SSSR count). The quantitative estimate of drug-likeness (QED) is 0.365. The van der Waals surface area contributed by atoms with E-state index in [1.54, 1.807) is 31.3 Å². The van der Waals surface area contributed by atoms with Crippen molar-refractivity contribution in [2.75, 3.05) is 30.9 Å². The molecule has 2 N–H and O–H groups in total. The number of amides is 1. The monoisotopic (exact) mass is 438 g/mol. The van der Waals surface area contributed by atoms with Crippen molar-refractivity contribution in [3.63, 3.8) is 0 Å². The zero-order chi connectivity index (χ0) is 22.4. The third-order valence-corrected chi connectivity index (χ3v) is 6.19. The minimum atomic E-state index is -0.111. The van der Waals surface area contributed by atoms with Crippen LogP contribution in [0.3, 0.4) is 0 Å². The first-order valence-corrected chi connectivity index (χ1v) is 11.6. The molecule has 31 heavy (non-hydrogen) atoms. The summed E-state index contributed by atoms with van der Waals surface area (Å²) in [5.41, 5.74) is 5.27. The Morgan fingerprint density at radius 2 is 2.26 bits per heavy atom. The lowest BCUT2D eigenvalue weighted by molar-refractivity contribution is -0.114. The van der Waals surface area contributed by atoms with Crippen LogP contribution < -0.4 is 10.1 Å². The minimum Gasteiger partial charge on any atom is -0.490 e. The summed E-state index contributed by atoms with van der Waals surface area (Å²) in [5.74, 6) is 0.791. The second-order valence-electron chi connectivity index (χ2n) is 7.37. The number of hydrogen-bond acceptors (Lipinski definition) is 6. The maximum Gasteiger partial charge on any atom is 0.255 e. The third kappa shape index (κ3) is 5.78. The fourth-order valence-electron chi connectivity index (χ4n) is 3.16. The van der Waals surface area contributed by atoms with E-state index in [0.29, 0.717) is 40.6 Å². The number of nitrogens with one attached hydrogen (secondary N) is 2. The third-order valence-electron chi connectivity index (χ3n) is 4.87. The lowest BCUT2D eigenvalue weighted by atomic mass is 9.99. The first-order chi connectivity index (χ1) is 14.9. The molecular weight excluding hydrogens is 411 g/mol. The van der Waals surface area contributed by atoms with Crippen molar-refractivity contribution in [3.8, 4) is 5.75 Å². The highest BCUT2D eigenvalue weighted by Crippen LogP contribution is 2.28. The van der Waals surface area contributed by atoms with Crippen molar-refractivity contribution in [3.05, 3.63) is 59.1 Å². The first-order valence-electron chi connectivity index (χ1n) is 10.2. The second-order valence-corrected chi connectivity index (χ2v) is 8.69. The number of ether oxygens (including phenoxy) is 1. The molecule has 0 radical (unpaired) electrons. The number of anilines is 1. The Kier molecular flexibility index (Phi) is 7.56. The van der Waals surface area contributed by atoms with Crippen LogP contribution in [0.25, 0.3) is 0 Å². The number of ketones is 1. The van der Waals surface area contributed by atoms with Gasteiger partial charge in [-0.2, -0.15) is 0 Å². The number of Topliss-reactive ketones (excluding diaryl/α,β-unsaturated/α-hetero) is 1. The molecule has 0 aromatic carbocycles. The van der Waals surface area contributed by atoms with Gasteiger partial charge in [-0.25, -0.2) is 4.98 Å². The summed E-state index contributed by atoms with van der Waals surface area (Å²) >= 11 is 0.